The minimum Gasteiger partial charge on any atom is -0.368 e. The van der Waals surface area contributed by atoms with Crippen LogP contribution in [-0.2, 0) is 20.7 Å². The molecule has 3 N–H and O–H groups in total. The fourth-order valence-electron chi connectivity index (χ4n) is 3.19. The Morgan fingerprint density at radius 3 is 1.97 bits per heavy atom. The van der Waals surface area contributed by atoms with Crippen molar-refractivity contribution in [2.75, 3.05) is 7.11 Å². The molecule has 0 fully saturated rings. The summed E-state index contributed by atoms with van der Waals surface area (Å²) in [7, 11) is 1.46. The molecule has 0 unspecified atom stereocenters. The molecule has 2 amide bonds. The van der Waals surface area contributed by atoms with Crippen LogP contribution in [0.4, 0.5) is 0 Å². The van der Waals surface area contributed by atoms with Gasteiger partial charge in [-0.1, -0.05) is 84.9 Å². The van der Waals surface area contributed by atoms with E-state index in [4.69, 9.17) is 10.5 Å². The number of rotatable bonds is 8. The Morgan fingerprint density at radius 2 is 1.41 bits per heavy atom. The lowest BCUT2D eigenvalue weighted by Gasteiger charge is -2.20. The van der Waals surface area contributed by atoms with Gasteiger partial charge in [0.2, 0.25) is 5.91 Å². The Hall–Kier alpha value is -3.44. The van der Waals surface area contributed by atoms with Gasteiger partial charge in [-0.2, -0.15) is 0 Å². The first-order chi connectivity index (χ1) is 14.1. The third-order valence-corrected chi connectivity index (χ3v) is 4.74. The second kappa shape index (κ2) is 9.66. The molecule has 0 aliphatic rings. The highest BCUT2D eigenvalue weighted by Crippen LogP contribution is 2.20. The summed E-state index contributed by atoms with van der Waals surface area (Å²) in [6, 6.07) is 26.2. The number of primary amides is 1. The molecule has 3 aromatic rings. The van der Waals surface area contributed by atoms with E-state index < -0.39 is 24.0 Å². The summed E-state index contributed by atoms with van der Waals surface area (Å²) in [5, 5.41) is 2.72. The second-order valence-corrected chi connectivity index (χ2v) is 6.76. The number of carbonyl (C=O) groups excluding carboxylic acids is 2. The number of nitrogens with one attached hydrogen (secondary N) is 1. The summed E-state index contributed by atoms with van der Waals surface area (Å²) < 4.78 is 5.33. The molecule has 0 saturated carbocycles. The van der Waals surface area contributed by atoms with Crippen LogP contribution < -0.4 is 11.1 Å². The Balaban J connectivity index is 1.70. The molecule has 29 heavy (non-hydrogen) atoms. The van der Waals surface area contributed by atoms with Gasteiger partial charge in [0.05, 0.1) is 0 Å². The zero-order chi connectivity index (χ0) is 20.6. The fraction of sp³-hybridized carbons (Fsp3) is 0.167. The third-order valence-electron chi connectivity index (χ3n) is 4.74. The molecule has 2 atom stereocenters. The maximum Gasteiger partial charge on any atom is 0.254 e. The molecular weight excluding hydrogens is 364 g/mol. The molecule has 0 spiro atoms. The molecule has 3 rings (SSSR count). The monoisotopic (exact) mass is 388 g/mol. The first-order valence-corrected chi connectivity index (χ1v) is 9.40. The van der Waals surface area contributed by atoms with Crippen molar-refractivity contribution < 1.29 is 14.3 Å². The van der Waals surface area contributed by atoms with Crippen molar-refractivity contribution in [2.24, 2.45) is 5.73 Å². The van der Waals surface area contributed by atoms with E-state index in [9.17, 15) is 9.59 Å². The average molecular weight is 388 g/mol. The maximum absolute atomic E-state index is 12.7. The van der Waals surface area contributed by atoms with Crippen molar-refractivity contribution in [1.29, 1.82) is 0 Å². The van der Waals surface area contributed by atoms with Gasteiger partial charge in [-0.25, -0.2) is 0 Å². The number of methoxy groups -OCH3 is 1. The molecule has 0 bridgehead atoms. The van der Waals surface area contributed by atoms with E-state index in [1.807, 2.05) is 72.8 Å². The van der Waals surface area contributed by atoms with Crippen molar-refractivity contribution in [3.63, 3.8) is 0 Å². The van der Waals surface area contributed by atoms with Crippen molar-refractivity contribution in [3.8, 4) is 11.1 Å². The number of hydrogen-bond donors (Lipinski definition) is 2. The Labute approximate surface area is 170 Å². The quantitative estimate of drug-likeness (QED) is 0.621. The molecule has 0 saturated heterocycles. The van der Waals surface area contributed by atoms with Gasteiger partial charge in [0.15, 0.2) is 6.10 Å². The number of carbonyl (C=O) groups is 2. The van der Waals surface area contributed by atoms with Crippen molar-refractivity contribution >= 4 is 11.8 Å². The minimum absolute atomic E-state index is 0.307. The van der Waals surface area contributed by atoms with E-state index in [1.54, 1.807) is 12.1 Å². The first kappa shape index (κ1) is 20.3. The predicted octanol–water partition coefficient (Wildman–Crippen LogP) is 3.25. The van der Waals surface area contributed by atoms with Crippen LogP contribution in [0.15, 0.2) is 84.9 Å². The largest absolute Gasteiger partial charge is 0.368 e. The highest BCUT2D eigenvalue weighted by atomic mass is 16.5. The van der Waals surface area contributed by atoms with E-state index in [1.165, 1.54) is 7.11 Å². The van der Waals surface area contributed by atoms with E-state index in [0.29, 0.717) is 12.0 Å². The molecule has 3 aromatic carbocycles. The van der Waals surface area contributed by atoms with Gasteiger partial charge in [0.25, 0.3) is 5.91 Å². The highest BCUT2D eigenvalue weighted by Gasteiger charge is 2.25. The van der Waals surface area contributed by atoms with Crippen LogP contribution in [0.1, 0.15) is 17.2 Å². The SMILES string of the molecule is CO[C@@H](C(=O)N[C@@H](Cc1ccc(-c2ccccc2)cc1)C(N)=O)c1ccccc1. The number of benzene rings is 3. The average Bonchev–Trinajstić information content (AvgIpc) is 2.75. The van der Waals surface area contributed by atoms with E-state index in [0.717, 1.165) is 16.7 Å². The van der Waals surface area contributed by atoms with Crippen molar-refractivity contribution in [3.05, 3.63) is 96.1 Å². The molecule has 0 heterocycles. The maximum atomic E-state index is 12.7. The Kier molecular flexibility index (Phi) is 6.76. The van der Waals surface area contributed by atoms with Crippen LogP contribution in [0.2, 0.25) is 0 Å². The molecule has 0 aromatic heterocycles. The van der Waals surface area contributed by atoms with Crippen molar-refractivity contribution in [1.82, 2.24) is 5.32 Å². The number of nitrogens with two attached hydrogens (primary N) is 1. The van der Waals surface area contributed by atoms with Gasteiger partial charge in [-0.15, -0.1) is 0 Å². The molecule has 0 aliphatic carbocycles. The standard InChI is InChI=1S/C24H24N2O3/c1-29-22(20-10-6-3-7-11-20)24(28)26-21(23(25)27)16-17-12-14-19(15-13-17)18-8-4-2-5-9-18/h2-15,21-22H,16H2,1H3,(H2,25,27)(H,26,28)/t21-,22+/m0/s1. The molecule has 5 nitrogen and oxygen atoms in total. The summed E-state index contributed by atoms with van der Waals surface area (Å²) >= 11 is 0. The lowest BCUT2D eigenvalue weighted by molar-refractivity contribution is -0.134. The predicted molar refractivity (Wildman–Crippen MR) is 113 cm³/mol. The zero-order valence-corrected chi connectivity index (χ0v) is 16.2. The van der Waals surface area contributed by atoms with E-state index >= 15 is 0 Å². The lowest BCUT2D eigenvalue weighted by Crippen LogP contribution is -2.47. The number of ether oxygens (including phenoxy) is 1. The number of amides is 2. The first-order valence-electron chi connectivity index (χ1n) is 9.40. The Morgan fingerprint density at radius 1 is 0.862 bits per heavy atom. The summed E-state index contributed by atoms with van der Waals surface area (Å²) in [6.45, 7) is 0. The summed E-state index contributed by atoms with van der Waals surface area (Å²) in [6.07, 6.45) is -0.500. The van der Waals surface area contributed by atoms with Crippen LogP contribution in [-0.4, -0.2) is 25.0 Å². The third kappa shape index (κ3) is 5.30. The summed E-state index contributed by atoms with van der Waals surface area (Å²) in [4.78, 5) is 24.6. The topological polar surface area (TPSA) is 81.4 Å². The molecular formula is C24H24N2O3. The number of hydrogen-bond acceptors (Lipinski definition) is 3. The van der Waals surface area contributed by atoms with Crippen LogP contribution in [0.3, 0.4) is 0 Å². The Bertz CT molecular complexity index is 941. The minimum atomic E-state index is -0.827. The van der Waals surface area contributed by atoms with Gasteiger partial charge < -0.3 is 15.8 Å². The smallest absolute Gasteiger partial charge is 0.254 e. The molecule has 0 aliphatic heterocycles. The molecule has 148 valence electrons. The molecule has 5 heteroatoms. The van der Waals surface area contributed by atoms with E-state index in [-0.39, 0.29) is 0 Å². The van der Waals surface area contributed by atoms with Crippen LogP contribution >= 0.6 is 0 Å². The van der Waals surface area contributed by atoms with Gasteiger partial charge in [0.1, 0.15) is 6.04 Å². The van der Waals surface area contributed by atoms with Crippen molar-refractivity contribution in [2.45, 2.75) is 18.6 Å². The van der Waals surface area contributed by atoms with Crippen LogP contribution in [0, 0.1) is 0 Å². The second-order valence-electron chi connectivity index (χ2n) is 6.76. The zero-order valence-electron chi connectivity index (χ0n) is 16.2. The summed E-state index contributed by atoms with van der Waals surface area (Å²) in [5.41, 5.74) is 9.35. The van der Waals surface area contributed by atoms with Gasteiger partial charge >= 0.3 is 0 Å². The van der Waals surface area contributed by atoms with Gasteiger partial charge in [-0.3, -0.25) is 9.59 Å². The normalized spacial score (nSPS) is 12.7. The molecule has 0 radical (unpaired) electrons. The van der Waals surface area contributed by atoms with Crippen LogP contribution in [0.25, 0.3) is 11.1 Å². The van der Waals surface area contributed by atoms with Crippen LogP contribution in [0.5, 0.6) is 0 Å². The fourth-order valence-corrected chi connectivity index (χ4v) is 3.19. The van der Waals surface area contributed by atoms with Gasteiger partial charge in [-0.05, 0) is 22.3 Å². The van der Waals surface area contributed by atoms with E-state index in [2.05, 4.69) is 5.32 Å². The summed E-state index contributed by atoms with van der Waals surface area (Å²) in [5.74, 6) is -0.989. The lowest BCUT2D eigenvalue weighted by atomic mass is 10.00. The van der Waals surface area contributed by atoms with Gasteiger partial charge in [0, 0.05) is 13.5 Å². The highest BCUT2D eigenvalue weighted by molar-refractivity contribution is 5.89.